The predicted octanol–water partition coefficient (Wildman–Crippen LogP) is 0.625. The highest BCUT2D eigenvalue weighted by molar-refractivity contribution is 5.80. The maximum Gasteiger partial charge on any atom is 0.408 e. The van der Waals surface area contributed by atoms with Crippen LogP contribution in [0.15, 0.2) is 41.3 Å². The van der Waals surface area contributed by atoms with Crippen LogP contribution in [0.5, 0.6) is 0 Å². The average Bonchev–Trinajstić information content (AvgIpc) is 2.91. The van der Waals surface area contributed by atoms with E-state index in [0.29, 0.717) is 5.69 Å². The Labute approximate surface area is 125 Å². The number of nitrogens with one attached hydrogen (secondary N) is 3. The summed E-state index contributed by atoms with van der Waals surface area (Å²) >= 11 is 0. The van der Waals surface area contributed by atoms with Crippen LogP contribution in [0, 0.1) is 0 Å². The molecule has 2 aromatic rings. The Bertz CT molecular complexity index is 692. The van der Waals surface area contributed by atoms with Gasteiger partial charge >= 0.3 is 17.8 Å². The van der Waals surface area contributed by atoms with Gasteiger partial charge in [0.1, 0.15) is 12.6 Å². The summed E-state index contributed by atoms with van der Waals surface area (Å²) in [6, 6.07) is 7.81. The van der Waals surface area contributed by atoms with Crippen molar-refractivity contribution in [1.29, 1.82) is 0 Å². The minimum atomic E-state index is -1.22. The second-order valence-electron chi connectivity index (χ2n) is 4.57. The summed E-state index contributed by atoms with van der Waals surface area (Å²) in [7, 11) is 0. The van der Waals surface area contributed by atoms with Crippen LogP contribution in [0.3, 0.4) is 0 Å². The summed E-state index contributed by atoms with van der Waals surface area (Å²) in [6.45, 7) is 0.0417. The molecule has 0 fully saturated rings. The minimum absolute atomic E-state index is 0.0417. The molecule has 8 nitrogen and oxygen atoms in total. The van der Waals surface area contributed by atoms with Gasteiger partial charge in [0, 0.05) is 18.3 Å². The summed E-state index contributed by atoms with van der Waals surface area (Å²) in [6.07, 6.45) is 0.457. The molecule has 0 saturated carbocycles. The molecule has 1 aromatic heterocycles. The van der Waals surface area contributed by atoms with E-state index in [2.05, 4.69) is 15.3 Å². The molecular formula is C14H15N3O5. The Morgan fingerprint density at radius 1 is 1.27 bits per heavy atom. The lowest BCUT2D eigenvalue weighted by Gasteiger charge is -2.13. The van der Waals surface area contributed by atoms with Crippen molar-refractivity contribution >= 4 is 12.1 Å². The van der Waals surface area contributed by atoms with Crippen molar-refractivity contribution in [3.05, 3.63) is 58.3 Å². The number of ether oxygens (including phenoxy) is 1. The molecule has 1 aromatic carbocycles. The average molecular weight is 305 g/mol. The van der Waals surface area contributed by atoms with Crippen LogP contribution < -0.4 is 11.0 Å². The van der Waals surface area contributed by atoms with Gasteiger partial charge < -0.3 is 25.1 Å². The quantitative estimate of drug-likeness (QED) is 0.623. The van der Waals surface area contributed by atoms with E-state index in [1.165, 1.54) is 6.20 Å². The summed E-state index contributed by atoms with van der Waals surface area (Å²) in [4.78, 5) is 38.5. The van der Waals surface area contributed by atoms with Gasteiger partial charge in [-0.05, 0) is 5.56 Å². The molecule has 0 saturated heterocycles. The lowest BCUT2D eigenvalue weighted by Crippen LogP contribution is -2.42. The SMILES string of the molecule is O=C(N[C@H](Cc1c[nH]c(=O)[nH]1)C(=O)O)OCc1ccccc1. The Morgan fingerprint density at radius 2 is 2.00 bits per heavy atom. The third-order valence-corrected chi connectivity index (χ3v) is 2.88. The molecule has 0 unspecified atom stereocenters. The van der Waals surface area contributed by atoms with Crippen LogP contribution in [0.1, 0.15) is 11.3 Å². The predicted molar refractivity (Wildman–Crippen MR) is 76.3 cm³/mol. The van der Waals surface area contributed by atoms with E-state index < -0.39 is 23.8 Å². The first-order chi connectivity index (χ1) is 10.5. The molecule has 0 bridgehead atoms. The molecular weight excluding hydrogens is 290 g/mol. The second kappa shape index (κ2) is 7.11. The number of benzene rings is 1. The highest BCUT2D eigenvalue weighted by atomic mass is 16.5. The Hall–Kier alpha value is -3.03. The zero-order valence-corrected chi connectivity index (χ0v) is 11.5. The highest BCUT2D eigenvalue weighted by Gasteiger charge is 2.21. The summed E-state index contributed by atoms with van der Waals surface area (Å²) in [5, 5.41) is 11.4. The van der Waals surface area contributed by atoms with Crippen molar-refractivity contribution in [3.63, 3.8) is 0 Å². The lowest BCUT2D eigenvalue weighted by molar-refractivity contribution is -0.139. The third kappa shape index (κ3) is 4.51. The molecule has 116 valence electrons. The number of imidazole rings is 1. The summed E-state index contributed by atoms with van der Waals surface area (Å²) < 4.78 is 4.96. The zero-order chi connectivity index (χ0) is 15.9. The molecule has 0 aliphatic heterocycles. The van der Waals surface area contributed by atoms with Gasteiger partial charge in [-0.1, -0.05) is 30.3 Å². The molecule has 22 heavy (non-hydrogen) atoms. The molecule has 0 aliphatic rings. The number of carbonyl (C=O) groups is 2. The third-order valence-electron chi connectivity index (χ3n) is 2.88. The van der Waals surface area contributed by atoms with Crippen molar-refractivity contribution in [2.45, 2.75) is 19.1 Å². The van der Waals surface area contributed by atoms with Crippen LogP contribution >= 0.6 is 0 Å². The number of aromatic nitrogens is 2. The Balaban J connectivity index is 1.88. The van der Waals surface area contributed by atoms with Crippen LogP contribution in [-0.2, 0) is 22.6 Å². The summed E-state index contributed by atoms with van der Waals surface area (Å²) in [5.74, 6) is -1.22. The number of hydrogen-bond donors (Lipinski definition) is 4. The van der Waals surface area contributed by atoms with Crippen LogP contribution in [0.2, 0.25) is 0 Å². The van der Waals surface area contributed by atoms with E-state index in [1.807, 2.05) is 6.07 Å². The van der Waals surface area contributed by atoms with E-state index in [0.717, 1.165) is 5.56 Å². The van der Waals surface area contributed by atoms with Crippen molar-refractivity contribution in [3.8, 4) is 0 Å². The number of amides is 1. The van der Waals surface area contributed by atoms with Gasteiger partial charge in [-0.25, -0.2) is 14.4 Å². The molecule has 0 spiro atoms. The fraction of sp³-hybridized carbons (Fsp3) is 0.214. The maximum atomic E-state index is 11.7. The molecule has 1 atom stereocenters. The number of aromatic amines is 2. The largest absolute Gasteiger partial charge is 0.480 e. The van der Waals surface area contributed by atoms with Gasteiger partial charge in [0.2, 0.25) is 0 Å². The monoisotopic (exact) mass is 305 g/mol. The van der Waals surface area contributed by atoms with Gasteiger partial charge in [0.15, 0.2) is 0 Å². The first-order valence-corrected chi connectivity index (χ1v) is 6.51. The van der Waals surface area contributed by atoms with Gasteiger partial charge in [-0.3, -0.25) is 0 Å². The van der Waals surface area contributed by atoms with Crippen LogP contribution in [0.25, 0.3) is 0 Å². The molecule has 4 N–H and O–H groups in total. The number of carboxylic acids is 1. The van der Waals surface area contributed by atoms with Crippen molar-refractivity contribution in [2.75, 3.05) is 0 Å². The standard InChI is InChI=1S/C14H15N3O5/c18-12(19)11(6-10-7-15-13(20)16-10)17-14(21)22-8-9-4-2-1-3-5-9/h1-5,7,11H,6,8H2,(H,17,21)(H,18,19)(H2,15,16,20)/t11-/m1/s1. The number of H-pyrrole nitrogens is 2. The number of alkyl carbamates (subject to hydrolysis) is 1. The fourth-order valence-corrected chi connectivity index (χ4v) is 1.81. The van der Waals surface area contributed by atoms with Gasteiger partial charge in [-0.2, -0.15) is 0 Å². The van der Waals surface area contributed by atoms with Crippen molar-refractivity contribution in [2.24, 2.45) is 0 Å². The molecule has 8 heteroatoms. The maximum absolute atomic E-state index is 11.7. The summed E-state index contributed by atoms with van der Waals surface area (Å²) in [5.41, 5.74) is 0.728. The van der Waals surface area contributed by atoms with Gasteiger partial charge in [0.25, 0.3) is 0 Å². The lowest BCUT2D eigenvalue weighted by atomic mass is 10.2. The van der Waals surface area contributed by atoms with E-state index in [4.69, 9.17) is 9.84 Å². The van der Waals surface area contributed by atoms with Crippen molar-refractivity contribution < 1.29 is 19.4 Å². The number of carboxylic acid groups (broad SMARTS) is 1. The normalized spacial score (nSPS) is 11.6. The Morgan fingerprint density at radius 3 is 2.59 bits per heavy atom. The van der Waals surface area contributed by atoms with Crippen LogP contribution in [0.4, 0.5) is 4.79 Å². The van der Waals surface area contributed by atoms with E-state index in [-0.39, 0.29) is 13.0 Å². The first kappa shape index (κ1) is 15.4. The minimum Gasteiger partial charge on any atom is -0.480 e. The first-order valence-electron chi connectivity index (χ1n) is 6.51. The van der Waals surface area contributed by atoms with Gasteiger partial charge in [0.05, 0.1) is 0 Å². The fourth-order valence-electron chi connectivity index (χ4n) is 1.81. The molecule has 2 rings (SSSR count). The van der Waals surface area contributed by atoms with Crippen LogP contribution in [-0.4, -0.2) is 33.2 Å². The number of hydrogen-bond acceptors (Lipinski definition) is 4. The van der Waals surface area contributed by atoms with E-state index in [1.54, 1.807) is 24.3 Å². The number of carbonyl (C=O) groups excluding carboxylic acids is 1. The smallest absolute Gasteiger partial charge is 0.408 e. The van der Waals surface area contributed by atoms with Gasteiger partial charge in [-0.15, -0.1) is 0 Å². The molecule has 1 heterocycles. The second-order valence-corrected chi connectivity index (χ2v) is 4.57. The molecule has 0 radical (unpaired) electrons. The number of aliphatic carboxylic acids is 1. The number of rotatable bonds is 6. The molecule has 1 amide bonds. The van der Waals surface area contributed by atoms with E-state index in [9.17, 15) is 14.4 Å². The topological polar surface area (TPSA) is 124 Å². The zero-order valence-electron chi connectivity index (χ0n) is 11.5. The molecule has 0 aliphatic carbocycles. The van der Waals surface area contributed by atoms with E-state index >= 15 is 0 Å². The Kier molecular flexibility index (Phi) is 4.97. The van der Waals surface area contributed by atoms with Crippen molar-refractivity contribution in [1.82, 2.24) is 15.3 Å². The highest BCUT2D eigenvalue weighted by Crippen LogP contribution is 2.02.